The van der Waals surface area contributed by atoms with Gasteiger partial charge in [-0.1, -0.05) is 11.6 Å². The Morgan fingerprint density at radius 3 is 2.37 bits per heavy atom. The van der Waals surface area contributed by atoms with Crippen molar-refractivity contribution in [2.24, 2.45) is 4.99 Å². The lowest BCUT2D eigenvalue weighted by Gasteiger charge is -2.15. The lowest BCUT2D eigenvalue weighted by molar-refractivity contribution is -0.385. The summed E-state index contributed by atoms with van der Waals surface area (Å²) in [6.07, 6.45) is 1.49. The molecule has 0 aliphatic carbocycles. The van der Waals surface area contributed by atoms with Gasteiger partial charge in [-0.15, -0.1) is 0 Å². The van der Waals surface area contributed by atoms with E-state index < -0.39 is 15.8 Å². The molecule has 1 aliphatic heterocycles. The third kappa shape index (κ3) is 6.08. The van der Waals surface area contributed by atoms with Crippen LogP contribution < -0.4 is 9.47 Å². The molecule has 0 unspecified atom stereocenters. The van der Waals surface area contributed by atoms with Gasteiger partial charge in [-0.2, -0.15) is 0 Å². The second-order valence-electron chi connectivity index (χ2n) is 7.73. The summed E-state index contributed by atoms with van der Waals surface area (Å²) in [7, 11) is 0. The standard InChI is InChI=1S/C25H17ClIN3O8/c1-2-36-22-11-15(9-20(27)23(22)37-13-14-3-5-16(6-4-14)29(32)33)10-21-25(31)38-24(28-21)18-12-17(30(34)35)7-8-19(18)26/h3-12H,2,13H2,1H3/b21-10-. The number of cyclic esters (lactones) is 1. The molecule has 3 aromatic rings. The number of nitrogens with zero attached hydrogens (tertiary/aromatic N) is 3. The number of aliphatic imine (C=N–C) groups is 1. The fourth-order valence-corrected chi connectivity index (χ4v) is 4.40. The average molecular weight is 650 g/mol. The van der Waals surface area contributed by atoms with Crippen LogP contribution in [0.5, 0.6) is 11.5 Å². The van der Waals surface area contributed by atoms with E-state index in [4.69, 9.17) is 25.8 Å². The van der Waals surface area contributed by atoms with E-state index >= 15 is 0 Å². The summed E-state index contributed by atoms with van der Waals surface area (Å²) in [6, 6.07) is 13.2. The van der Waals surface area contributed by atoms with E-state index in [-0.39, 0.29) is 40.2 Å². The van der Waals surface area contributed by atoms with Crippen LogP contribution in [0, 0.1) is 23.8 Å². The first kappa shape index (κ1) is 27.0. The van der Waals surface area contributed by atoms with E-state index in [1.807, 2.05) is 6.92 Å². The Morgan fingerprint density at radius 1 is 1.03 bits per heavy atom. The predicted molar refractivity (Wildman–Crippen MR) is 146 cm³/mol. The number of esters is 1. The first-order valence-electron chi connectivity index (χ1n) is 11.0. The largest absolute Gasteiger partial charge is 0.490 e. The van der Waals surface area contributed by atoms with Crippen molar-refractivity contribution in [1.29, 1.82) is 0 Å². The van der Waals surface area contributed by atoms with Crippen molar-refractivity contribution in [3.8, 4) is 11.5 Å². The molecule has 4 rings (SSSR count). The Hall–Kier alpha value is -4.04. The third-order valence-corrected chi connectivity index (χ3v) is 6.31. The molecule has 0 bridgehead atoms. The number of carbonyl (C=O) groups is 1. The van der Waals surface area contributed by atoms with Crippen LogP contribution in [0.1, 0.15) is 23.6 Å². The van der Waals surface area contributed by atoms with Crippen molar-refractivity contribution < 1.29 is 28.9 Å². The fraction of sp³-hybridized carbons (Fsp3) is 0.120. The maximum absolute atomic E-state index is 12.5. The summed E-state index contributed by atoms with van der Waals surface area (Å²) >= 11 is 8.22. The maximum atomic E-state index is 12.5. The fourth-order valence-electron chi connectivity index (χ4n) is 3.42. The molecule has 0 spiro atoms. The number of non-ortho nitro benzene ring substituents is 2. The molecule has 194 valence electrons. The van der Waals surface area contributed by atoms with E-state index in [0.29, 0.717) is 27.2 Å². The summed E-state index contributed by atoms with van der Waals surface area (Å²) in [4.78, 5) is 37.6. The minimum Gasteiger partial charge on any atom is -0.490 e. The van der Waals surface area contributed by atoms with Gasteiger partial charge in [0, 0.05) is 24.3 Å². The smallest absolute Gasteiger partial charge is 0.363 e. The van der Waals surface area contributed by atoms with Crippen LogP contribution in [0.4, 0.5) is 11.4 Å². The molecule has 0 radical (unpaired) electrons. The summed E-state index contributed by atoms with van der Waals surface area (Å²) < 4.78 is 17.6. The van der Waals surface area contributed by atoms with Crippen molar-refractivity contribution in [3.63, 3.8) is 0 Å². The van der Waals surface area contributed by atoms with Crippen LogP contribution in [0.3, 0.4) is 0 Å². The number of nitro groups is 2. The van der Waals surface area contributed by atoms with Gasteiger partial charge in [0.25, 0.3) is 11.4 Å². The first-order valence-corrected chi connectivity index (χ1v) is 12.4. The van der Waals surface area contributed by atoms with Gasteiger partial charge in [-0.05, 0) is 77.0 Å². The van der Waals surface area contributed by atoms with Crippen molar-refractivity contribution in [1.82, 2.24) is 0 Å². The minimum atomic E-state index is -0.742. The molecule has 0 atom stereocenters. The molecule has 0 saturated heterocycles. The number of halogens is 2. The molecular formula is C25H17ClIN3O8. The number of nitro benzene ring substituents is 2. The molecule has 0 fully saturated rings. The number of benzene rings is 3. The van der Waals surface area contributed by atoms with Gasteiger partial charge in [0.15, 0.2) is 17.2 Å². The summed E-state index contributed by atoms with van der Waals surface area (Å²) in [5, 5.41) is 22.1. The Balaban J connectivity index is 1.61. The molecule has 0 saturated carbocycles. The first-order chi connectivity index (χ1) is 18.2. The molecule has 0 aromatic heterocycles. The number of rotatable bonds is 9. The summed E-state index contributed by atoms with van der Waals surface area (Å²) in [5.74, 6) is 0.00624. The monoisotopic (exact) mass is 649 g/mol. The van der Waals surface area contributed by atoms with Crippen LogP contribution in [0.15, 0.2) is 65.3 Å². The Kier molecular flexibility index (Phi) is 8.22. The summed E-state index contributed by atoms with van der Waals surface area (Å²) in [5.41, 5.74) is 1.16. The number of ether oxygens (including phenoxy) is 3. The SMILES string of the molecule is CCOc1cc(/C=C2\N=C(c3cc([N+](=O)[O-])ccc3Cl)OC2=O)cc(I)c1OCc1ccc([N+](=O)[O-])cc1. The normalized spacial score (nSPS) is 13.7. The number of hydrogen-bond acceptors (Lipinski definition) is 9. The predicted octanol–water partition coefficient (Wildman–Crippen LogP) is 6.08. The average Bonchev–Trinajstić information content (AvgIpc) is 3.23. The Morgan fingerprint density at radius 2 is 1.71 bits per heavy atom. The maximum Gasteiger partial charge on any atom is 0.363 e. The minimum absolute atomic E-state index is 0.0141. The van der Waals surface area contributed by atoms with Crippen LogP contribution in [0.25, 0.3) is 6.08 Å². The molecular weight excluding hydrogens is 633 g/mol. The third-order valence-electron chi connectivity index (χ3n) is 5.18. The van der Waals surface area contributed by atoms with Gasteiger partial charge in [-0.25, -0.2) is 9.79 Å². The van der Waals surface area contributed by atoms with E-state index in [1.165, 1.54) is 36.4 Å². The lowest BCUT2D eigenvalue weighted by atomic mass is 10.1. The van der Waals surface area contributed by atoms with Crippen molar-refractivity contribution in [2.75, 3.05) is 6.61 Å². The van der Waals surface area contributed by atoms with Gasteiger partial charge in [0.1, 0.15) is 6.61 Å². The highest BCUT2D eigenvalue weighted by Gasteiger charge is 2.27. The summed E-state index contributed by atoms with van der Waals surface area (Å²) in [6.45, 7) is 2.31. The van der Waals surface area contributed by atoms with Gasteiger partial charge < -0.3 is 14.2 Å². The van der Waals surface area contributed by atoms with Crippen LogP contribution >= 0.6 is 34.2 Å². The molecule has 0 N–H and O–H groups in total. The Labute approximate surface area is 234 Å². The molecule has 3 aromatic carbocycles. The van der Waals surface area contributed by atoms with Crippen molar-refractivity contribution in [2.45, 2.75) is 13.5 Å². The van der Waals surface area contributed by atoms with Gasteiger partial charge in [0.2, 0.25) is 5.90 Å². The van der Waals surface area contributed by atoms with Crippen molar-refractivity contribution >= 4 is 63.5 Å². The van der Waals surface area contributed by atoms with Crippen LogP contribution in [-0.2, 0) is 16.1 Å². The highest BCUT2D eigenvalue weighted by molar-refractivity contribution is 14.1. The zero-order valence-electron chi connectivity index (χ0n) is 19.6. The molecule has 1 aliphatic rings. The van der Waals surface area contributed by atoms with E-state index in [1.54, 1.807) is 24.3 Å². The molecule has 1 heterocycles. The second-order valence-corrected chi connectivity index (χ2v) is 9.30. The quantitative estimate of drug-likeness (QED) is 0.0892. The number of hydrogen-bond donors (Lipinski definition) is 0. The highest BCUT2D eigenvalue weighted by Crippen LogP contribution is 2.36. The van der Waals surface area contributed by atoms with E-state index in [0.717, 1.165) is 5.56 Å². The van der Waals surface area contributed by atoms with E-state index in [2.05, 4.69) is 27.6 Å². The second kappa shape index (κ2) is 11.6. The van der Waals surface area contributed by atoms with Gasteiger partial charge in [0.05, 0.1) is 30.6 Å². The van der Waals surface area contributed by atoms with Gasteiger partial charge in [-0.3, -0.25) is 20.2 Å². The zero-order valence-corrected chi connectivity index (χ0v) is 22.5. The van der Waals surface area contributed by atoms with Gasteiger partial charge >= 0.3 is 5.97 Å². The van der Waals surface area contributed by atoms with Crippen LogP contribution in [0.2, 0.25) is 5.02 Å². The molecule has 13 heteroatoms. The zero-order chi connectivity index (χ0) is 27.4. The topological polar surface area (TPSA) is 143 Å². The highest BCUT2D eigenvalue weighted by atomic mass is 127. The Bertz CT molecular complexity index is 1510. The molecule has 0 amide bonds. The molecule has 11 nitrogen and oxygen atoms in total. The lowest BCUT2D eigenvalue weighted by Crippen LogP contribution is -2.06. The molecule has 38 heavy (non-hydrogen) atoms. The number of carbonyl (C=O) groups excluding carboxylic acids is 1. The van der Waals surface area contributed by atoms with Crippen LogP contribution in [-0.4, -0.2) is 28.3 Å². The van der Waals surface area contributed by atoms with Crippen molar-refractivity contribution in [3.05, 3.63) is 106 Å². The van der Waals surface area contributed by atoms with E-state index in [9.17, 15) is 25.0 Å².